The lowest BCUT2D eigenvalue weighted by atomic mass is 10.0. The van der Waals surface area contributed by atoms with Crippen molar-refractivity contribution in [3.63, 3.8) is 0 Å². The summed E-state index contributed by atoms with van der Waals surface area (Å²) in [5.41, 5.74) is 2.13. The van der Waals surface area contributed by atoms with Crippen LogP contribution < -0.4 is 15.4 Å². The van der Waals surface area contributed by atoms with Crippen molar-refractivity contribution in [1.82, 2.24) is 4.98 Å². The first-order valence-electron chi connectivity index (χ1n) is 12.4. The van der Waals surface area contributed by atoms with Gasteiger partial charge in [0, 0.05) is 5.39 Å². The fourth-order valence-electron chi connectivity index (χ4n) is 4.37. The second-order valence-electron chi connectivity index (χ2n) is 8.98. The number of aryl methyl sites for hydroxylation is 1. The molecule has 8 heteroatoms. The molecule has 0 spiro atoms. The van der Waals surface area contributed by atoms with Gasteiger partial charge in [-0.1, -0.05) is 47.7 Å². The Kier molecular flexibility index (Phi) is 6.38. The molecule has 6 rings (SSSR count). The molecule has 0 fully saturated rings. The normalized spacial score (nSPS) is 11.5. The lowest BCUT2D eigenvalue weighted by Crippen LogP contribution is -2.30. The van der Waals surface area contributed by atoms with Crippen LogP contribution in [0.4, 0.5) is 5.13 Å². The lowest BCUT2D eigenvalue weighted by molar-refractivity contribution is 0.0984. The summed E-state index contributed by atoms with van der Waals surface area (Å²) >= 11 is 1.33. The number of aromatic nitrogens is 1. The minimum absolute atomic E-state index is 0.127. The number of benzene rings is 4. The van der Waals surface area contributed by atoms with Crippen molar-refractivity contribution < 1.29 is 13.9 Å². The van der Waals surface area contributed by atoms with Crippen LogP contribution in [0.2, 0.25) is 0 Å². The van der Waals surface area contributed by atoms with Gasteiger partial charge >= 0.3 is 5.63 Å². The standard InChI is InChI=1S/C31H23N3O4S/c1-3-37-22-12-9-20(10-13-22)18-32-34(31-33-26-14-8-19(2)16-28(26)39-31)29(35)25-17-24-23-7-5-4-6-21(23)11-15-27(24)38-30(25)36/h4-18H,3H2,1-2H3/b32-18+. The number of thiazole rings is 1. The van der Waals surface area contributed by atoms with Crippen LogP contribution >= 0.6 is 11.3 Å². The second-order valence-corrected chi connectivity index (χ2v) is 9.99. The topological polar surface area (TPSA) is 85.0 Å². The number of fused-ring (bicyclic) bond motifs is 4. The summed E-state index contributed by atoms with van der Waals surface area (Å²) in [6.45, 7) is 4.48. The van der Waals surface area contributed by atoms with Crippen LogP contribution in [0.25, 0.3) is 32.0 Å². The van der Waals surface area contributed by atoms with Gasteiger partial charge in [-0.25, -0.2) is 9.78 Å². The molecule has 0 unspecified atom stereocenters. The predicted molar refractivity (Wildman–Crippen MR) is 156 cm³/mol. The average molecular weight is 534 g/mol. The minimum atomic E-state index is -0.735. The van der Waals surface area contributed by atoms with Gasteiger partial charge in [0.15, 0.2) is 0 Å². The Labute approximate surface area is 227 Å². The molecule has 0 atom stereocenters. The quantitative estimate of drug-likeness (QED) is 0.100. The summed E-state index contributed by atoms with van der Waals surface area (Å²) in [6.07, 6.45) is 1.56. The van der Waals surface area contributed by atoms with Gasteiger partial charge in [-0.2, -0.15) is 10.1 Å². The van der Waals surface area contributed by atoms with E-state index in [4.69, 9.17) is 9.15 Å². The van der Waals surface area contributed by atoms with Crippen molar-refractivity contribution in [3.8, 4) is 5.75 Å². The Morgan fingerprint density at radius 1 is 1.03 bits per heavy atom. The number of nitrogens with zero attached hydrogens (tertiary/aromatic N) is 3. The molecule has 0 N–H and O–H groups in total. The molecule has 0 aliphatic rings. The molecule has 0 radical (unpaired) electrons. The Morgan fingerprint density at radius 3 is 2.67 bits per heavy atom. The summed E-state index contributed by atoms with van der Waals surface area (Å²) < 4.78 is 12.0. The maximum absolute atomic E-state index is 13.9. The van der Waals surface area contributed by atoms with Gasteiger partial charge in [0.05, 0.1) is 23.0 Å². The molecular weight excluding hydrogens is 510 g/mol. The largest absolute Gasteiger partial charge is 0.494 e. The van der Waals surface area contributed by atoms with Gasteiger partial charge in [-0.05, 0) is 84.3 Å². The third kappa shape index (κ3) is 4.78. The highest BCUT2D eigenvalue weighted by Crippen LogP contribution is 2.31. The van der Waals surface area contributed by atoms with E-state index in [1.807, 2.05) is 86.6 Å². The molecule has 4 aromatic carbocycles. The van der Waals surface area contributed by atoms with Crippen molar-refractivity contribution in [2.45, 2.75) is 13.8 Å². The molecule has 0 aliphatic heterocycles. The van der Waals surface area contributed by atoms with Crippen molar-refractivity contribution in [3.05, 3.63) is 112 Å². The number of carbonyl (C=O) groups is 1. The van der Waals surface area contributed by atoms with E-state index < -0.39 is 11.5 Å². The smallest absolute Gasteiger partial charge is 0.349 e. The fourth-order valence-corrected chi connectivity index (χ4v) is 5.40. The van der Waals surface area contributed by atoms with Crippen molar-refractivity contribution in [2.24, 2.45) is 5.10 Å². The van der Waals surface area contributed by atoms with Crippen molar-refractivity contribution in [2.75, 3.05) is 11.6 Å². The monoisotopic (exact) mass is 533 g/mol. The van der Waals surface area contributed by atoms with Gasteiger partial charge in [-0.15, -0.1) is 0 Å². The Bertz CT molecular complexity index is 1940. The molecule has 2 aromatic heterocycles. The summed E-state index contributed by atoms with van der Waals surface area (Å²) in [6, 6.07) is 26.2. The zero-order valence-corrected chi connectivity index (χ0v) is 22.1. The number of hydrazone groups is 1. The third-order valence-electron chi connectivity index (χ3n) is 6.29. The average Bonchev–Trinajstić information content (AvgIpc) is 3.36. The van der Waals surface area contributed by atoms with Crippen molar-refractivity contribution in [1.29, 1.82) is 0 Å². The first-order valence-corrected chi connectivity index (χ1v) is 13.3. The Balaban J connectivity index is 1.47. The molecular formula is C31H23N3O4S. The van der Waals surface area contributed by atoms with E-state index >= 15 is 0 Å². The summed E-state index contributed by atoms with van der Waals surface area (Å²) in [7, 11) is 0. The molecule has 1 amide bonds. The first kappa shape index (κ1) is 24.5. The fraction of sp³-hybridized carbons (Fsp3) is 0.0968. The van der Waals surface area contributed by atoms with Crippen LogP contribution in [0.3, 0.4) is 0 Å². The highest BCUT2D eigenvalue weighted by Gasteiger charge is 2.25. The molecule has 0 saturated heterocycles. The minimum Gasteiger partial charge on any atom is -0.494 e. The molecule has 0 saturated carbocycles. The molecule has 0 bridgehead atoms. The van der Waals surface area contributed by atoms with Crippen LogP contribution in [0, 0.1) is 6.92 Å². The van der Waals surface area contributed by atoms with Crippen molar-refractivity contribution >= 4 is 60.5 Å². The van der Waals surface area contributed by atoms with Gasteiger partial charge in [0.1, 0.15) is 16.9 Å². The molecule has 39 heavy (non-hydrogen) atoms. The SMILES string of the molecule is CCOc1ccc(/C=N/N(C(=O)c2cc3c(ccc4ccccc43)oc2=O)c2nc3ccc(C)cc3s2)cc1. The summed E-state index contributed by atoms with van der Waals surface area (Å²) in [5.74, 6) is 0.113. The van der Waals surface area contributed by atoms with E-state index in [0.717, 1.165) is 37.9 Å². The lowest BCUT2D eigenvalue weighted by Gasteiger charge is -2.14. The molecule has 0 aliphatic carbocycles. The second kappa shape index (κ2) is 10.2. The number of hydrogen-bond donors (Lipinski definition) is 0. The zero-order valence-electron chi connectivity index (χ0n) is 21.3. The number of anilines is 1. The Morgan fingerprint density at radius 2 is 1.85 bits per heavy atom. The van der Waals surface area contributed by atoms with Gasteiger partial charge < -0.3 is 9.15 Å². The van der Waals surface area contributed by atoms with E-state index in [0.29, 0.717) is 22.7 Å². The first-order chi connectivity index (χ1) is 19.0. The van der Waals surface area contributed by atoms with E-state index in [1.165, 1.54) is 16.3 Å². The number of ether oxygens (including phenoxy) is 1. The van der Waals surface area contributed by atoms with Gasteiger partial charge in [-0.3, -0.25) is 4.79 Å². The van der Waals surface area contributed by atoms with Crippen LogP contribution in [0.15, 0.2) is 99.2 Å². The third-order valence-corrected chi connectivity index (χ3v) is 7.29. The van der Waals surface area contributed by atoms with Crippen LogP contribution in [-0.2, 0) is 0 Å². The number of amides is 1. The maximum Gasteiger partial charge on any atom is 0.349 e. The number of carbonyl (C=O) groups excluding carboxylic acids is 1. The summed E-state index contributed by atoms with van der Waals surface area (Å²) in [4.78, 5) is 31.6. The van der Waals surface area contributed by atoms with Gasteiger partial charge in [0.25, 0.3) is 5.91 Å². The van der Waals surface area contributed by atoms with Crippen LogP contribution in [0.5, 0.6) is 5.75 Å². The zero-order chi connectivity index (χ0) is 26.9. The van der Waals surface area contributed by atoms with E-state index in [9.17, 15) is 9.59 Å². The molecule has 192 valence electrons. The van der Waals surface area contributed by atoms with E-state index in [2.05, 4.69) is 10.1 Å². The molecule has 6 aromatic rings. The number of hydrogen-bond acceptors (Lipinski definition) is 7. The number of rotatable bonds is 6. The highest BCUT2D eigenvalue weighted by molar-refractivity contribution is 7.22. The molecule has 7 nitrogen and oxygen atoms in total. The Hall–Kier alpha value is -4.82. The van der Waals surface area contributed by atoms with Gasteiger partial charge in [0.2, 0.25) is 5.13 Å². The summed E-state index contributed by atoms with van der Waals surface area (Å²) in [5, 5.41) is 8.55. The predicted octanol–water partition coefficient (Wildman–Crippen LogP) is 6.94. The van der Waals surface area contributed by atoms with Crippen LogP contribution in [0.1, 0.15) is 28.4 Å². The molecule has 2 heterocycles. The van der Waals surface area contributed by atoms with E-state index in [-0.39, 0.29) is 5.56 Å². The highest BCUT2D eigenvalue weighted by atomic mass is 32.1. The van der Waals surface area contributed by atoms with E-state index in [1.54, 1.807) is 18.3 Å². The van der Waals surface area contributed by atoms with Crippen LogP contribution in [-0.4, -0.2) is 23.7 Å². The maximum atomic E-state index is 13.9.